The first-order valence-electron chi connectivity index (χ1n) is 7.26. The van der Waals surface area contributed by atoms with E-state index in [1.54, 1.807) is 0 Å². The summed E-state index contributed by atoms with van der Waals surface area (Å²) in [5.74, 6) is 0. The fourth-order valence-corrected chi connectivity index (χ4v) is 3.58. The molecule has 0 radical (unpaired) electrons. The van der Waals surface area contributed by atoms with Gasteiger partial charge in [0.25, 0.3) is 0 Å². The SMILES string of the molecule is CCNC(Cc1c(Br)c(CC)nn1C)c1ccccc1Cl. The van der Waals surface area contributed by atoms with E-state index in [-0.39, 0.29) is 6.04 Å². The molecule has 0 aliphatic rings. The summed E-state index contributed by atoms with van der Waals surface area (Å²) in [6, 6.07) is 8.20. The maximum atomic E-state index is 6.36. The summed E-state index contributed by atoms with van der Waals surface area (Å²) in [6.07, 6.45) is 1.77. The van der Waals surface area contributed by atoms with Gasteiger partial charge in [-0.15, -0.1) is 0 Å². The van der Waals surface area contributed by atoms with E-state index in [0.29, 0.717) is 0 Å². The first kappa shape index (κ1) is 16.5. The zero-order valence-electron chi connectivity index (χ0n) is 12.7. The Morgan fingerprint density at radius 3 is 2.62 bits per heavy atom. The van der Waals surface area contributed by atoms with Gasteiger partial charge in [-0.1, -0.05) is 43.6 Å². The largest absolute Gasteiger partial charge is 0.310 e. The molecule has 1 aromatic heterocycles. The quantitative estimate of drug-likeness (QED) is 0.822. The number of benzene rings is 1. The predicted molar refractivity (Wildman–Crippen MR) is 91.9 cm³/mol. The van der Waals surface area contributed by atoms with Gasteiger partial charge in [0, 0.05) is 24.5 Å². The molecule has 21 heavy (non-hydrogen) atoms. The Labute approximate surface area is 139 Å². The van der Waals surface area contributed by atoms with Crippen LogP contribution >= 0.6 is 27.5 Å². The van der Waals surface area contributed by atoms with Crippen LogP contribution in [-0.4, -0.2) is 16.3 Å². The third kappa shape index (κ3) is 3.68. The second-order valence-electron chi connectivity index (χ2n) is 5.02. The maximum Gasteiger partial charge on any atom is 0.0766 e. The van der Waals surface area contributed by atoms with Crippen molar-refractivity contribution in [3.63, 3.8) is 0 Å². The van der Waals surface area contributed by atoms with E-state index in [2.05, 4.69) is 46.3 Å². The van der Waals surface area contributed by atoms with E-state index < -0.39 is 0 Å². The molecule has 0 spiro atoms. The summed E-state index contributed by atoms with van der Waals surface area (Å²) in [7, 11) is 1.99. The number of nitrogens with one attached hydrogen (secondary N) is 1. The third-order valence-corrected chi connectivity index (χ3v) is 4.89. The van der Waals surface area contributed by atoms with Gasteiger partial charge in [-0.2, -0.15) is 5.10 Å². The summed E-state index contributed by atoms with van der Waals surface area (Å²) in [4.78, 5) is 0. The molecular weight excluding hydrogens is 350 g/mol. The van der Waals surface area contributed by atoms with Crippen molar-refractivity contribution in [1.82, 2.24) is 15.1 Å². The van der Waals surface area contributed by atoms with Crippen molar-refractivity contribution in [2.75, 3.05) is 6.54 Å². The highest BCUT2D eigenvalue weighted by atomic mass is 79.9. The summed E-state index contributed by atoms with van der Waals surface area (Å²) >= 11 is 10.0. The zero-order valence-corrected chi connectivity index (χ0v) is 15.0. The maximum absolute atomic E-state index is 6.36. The van der Waals surface area contributed by atoms with Crippen LogP contribution in [-0.2, 0) is 19.9 Å². The Hall–Kier alpha value is -0.840. The lowest BCUT2D eigenvalue weighted by atomic mass is 10.0. The number of likely N-dealkylation sites (N-methyl/N-ethyl adjacent to an activating group) is 1. The van der Waals surface area contributed by atoms with Crippen LogP contribution in [0.15, 0.2) is 28.7 Å². The molecule has 0 aliphatic carbocycles. The third-order valence-electron chi connectivity index (χ3n) is 3.63. The lowest BCUT2D eigenvalue weighted by Crippen LogP contribution is -2.24. The average Bonchev–Trinajstić information content (AvgIpc) is 2.74. The first-order chi connectivity index (χ1) is 10.1. The molecule has 0 aliphatic heterocycles. The molecule has 0 fully saturated rings. The van der Waals surface area contributed by atoms with Crippen molar-refractivity contribution in [2.24, 2.45) is 7.05 Å². The molecule has 3 nitrogen and oxygen atoms in total. The van der Waals surface area contributed by atoms with Crippen molar-refractivity contribution in [3.05, 3.63) is 50.7 Å². The number of rotatable bonds is 6. The van der Waals surface area contributed by atoms with Gasteiger partial charge >= 0.3 is 0 Å². The monoisotopic (exact) mass is 369 g/mol. The highest BCUT2D eigenvalue weighted by Gasteiger charge is 2.20. The normalized spacial score (nSPS) is 12.6. The van der Waals surface area contributed by atoms with Crippen molar-refractivity contribution in [1.29, 1.82) is 0 Å². The molecule has 1 aromatic carbocycles. The fraction of sp³-hybridized carbons (Fsp3) is 0.438. The second-order valence-corrected chi connectivity index (χ2v) is 6.22. The van der Waals surface area contributed by atoms with Crippen LogP contribution in [0.4, 0.5) is 0 Å². The highest BCUT2D eigenvalue weighted by Crippen LogP contribution is 2.29. The van der Waals surface area contributed by atoms with Crippen molar-refractivity contribution >= 4 is 27.5 Å². The molecule has 0 saturated heterocycles. The Bertz CT molecular complexity index is 610. The van der Waals surface area contributed by atoms with Gasteiger partial charge in [-0.3, -0.25) is 4.68 Å². The van der Waals surface area contributed by atoms with Crippen molar-refractivity contribution in [3.8, 4) is 0 Å². The lowest BCUT2D eigenvalue weighted by Gasteiger charge is -2.20. The summed E-state index contributed by atoms with van der Waals surface area (Å²) in [5.41, 5.74) is 3.42. The lowest BCUT2D eigenvalue weighted by molar-refractivity contribution is 0.528. The van der Waals surface area contributed by atoms with Gasteiger partial charge in [0.05, 0.1) is 15.9 Å². The topological polar surface area (TPSA) is 29.9 Å². The molecule has 2 aromatic rings. The van der Waals surface area contributed by atoms with Gasteiger partial charge in [-0.25, -0.2) is 0 Å². The van der Waals surface area contributed by atoms with E-state index in [4.69, 9.17) is 11.6 Å². The number of aromatic nitrogens is 2. The second kappa shape index (κ2) is 7.43. The van der Waals surface area contributed by atoms with Crippen LogP contribution in [0.5, 0.6) is 0 Å². The van der Waals surface area contributed by atoms with Crippen LogP contribution in [0, 0.1) is 0 Å². The molecule has 1 atom stereocenters. The summed E-state index contributed by atoms with van der Waals surface area (Å²) in [5, 5.41) is 8.89. The standard InChI is InChI=1S/C16H21BrClN3/c1-4-13-16(17)15(21(3)20-13)10-14(19-5-2)11-8-6-7-9-12(11)18/h6-9,14,19H,4-5,10H2,1-3H3. The minimum absolute atomic E-state index is 0.181. The first-order valence-corrected chi connectivity index (χ1v) is 8.43. The Kier molecular flexibility index (Phi) is 5.85. The van der Waals surface area contributed by atoms with E-state index in [0.717, 1.165) is 40.1 Å². The molecule has 1 unspecified atom stereocenters. The minimum atomic E-state index is 0.181. The molecule has 0 amide bonds. The predicted octanol–water partition coefficient (Wildman–Crippen LogP) is 4.29. The van der Waals surface area contributed by atoms with Crippen LogP contribution in [0.1, 0.15) is 36.8 Å². The molecule has 2 rings (SSSR count). The smallest absolute Gasteiger partial charge is 0.0766 e. The molecule has 1 heterocycles. The average molecular weight is 371 g/mol. The van der Waals surface area contributed by atoms with Crippen LogP contribution < -0.4 is 5.32 Å². The van der Waals surface area contributed by atoms with E-state index in [9.17, 15) is 0 Å². The van der Waals surface area contributed by atoms with E-state index in [1.165, 1.54) is 5.69 Å². The Morgan fingerprint density at radius 2 is 2.05 bits per heavy atom. The molecule has 114 valence electrons. The number of aryl methyl sites for hydroxylation is 2. The Balaban J connectivity index is 2.33. The number of hydrogen-bond donors (Lipinski definition) is 1. The molecular formula is C16H21BrClN3. The van der Waals surface area contributed by atoms with Gasteiger partial charge in [-0.05, 0) is 40.5 Å². The number of nitrogens with zero attached hydrogens (tertiary/aromatic N) is 2. The van der Waals surface area contributed by atoms with Gasteiger partial charge < -0.3 is 5.32 Å². The van der Waals surface area contributed by atoms with Gasteiger partial charge in [0.1, 0.15) is 0 Å². The Morgan fingerprint density at radius 1 is 1.33 bits per heavy atom. The van der Waals surface area contributed by atoms with Crippen LogP contribution in [0.3, 0.4) is 0 Å². The van der Waals surface area contributed by atoms with Gasteiger partial charge in [0.15, 0.2) is 0 Å². The van der Waals surface area contributed by atoms with Crippen molar-refractivity contribution in [2.45, 2.75) is 32.7 Å². The molecule has 5 heteroatoms. The highest BCUT2D eigenvalue weighted by molar-refractivity contribution is 9.10. The summed E-state index contributed by atoms with van der Waals surface area (Å²) < 4.78 is 3.08. The van der Waals surface area contributed by atoms with E-state index in [1.807, 2.05) is 29.9 Å². The van der Waals surface area contributed by atoms with Crippen LogP contribution in [0.25, 0.3) is 0 Å². The number of hydrogen-bond acceptors (Lipinski definition) is 2. The van der Waals surface area contributed by atoms with Gasteiger partial charge in [0.2, 0.25) is 0 Å². The van der Waals surface area contributed by atoms with Crippen LogP contribution in [0.2, 0.25) is 5.02 Å². The van der Waals surface area contributed by atoms with E-state index >= 15 is 0 Å². The molecule has 1 N–H and O–H groups in total. The number of halogens is 2. The zero-order chi connectivity index (χ0) is 15.4. The summed E-state index contributed by atoms with van der Waals surface area (Å²) in [6.45, 7) is 5.12. The molecule has 0 bridgehead atoms. The van der Waals surface area contributed by atoms with Crippen molar-refractivity contribution < 1.29 is 0 Å². The minimum Gasteiger partial charge on any atom is -0.310 e. The molecule has 0 saturated carbocycles. The fourth-order valence-electron chi connectivity index (χ4n) is 2.53.